The first-order valence-electron chi connectivity index (χ1n) is 10.6. The predicted octanol–water partition coefficient (Wildman–Crippen LogP) is 1.19. The van der Waals surface area contributed by atoms with Crippen LogP contribution in [0.1, 0.15) is 24.6 Å². The topological polar surface area (TPSA) is 111 Å². The van der Waals surface area contributed by atoms with E-state index in [-0.39, 0.29) is 48.6 Å². The Morgan fingerprint density at radius 3 is 2.34 bits per heavy atom. The van der Waals surface area contributed by atoms with Crippen LogP contribution in [-0.2, 0) is 26.0 Å². The zero-order valence-electron chi connectivity index (χ0n) is 18.0. The molecule has 0 unspecified atom stereocenters. The summed E-state index contributed by atoms with van der Waals surface area (Å²) in [5.41, 5.74) is 2.30. The molecule has 11 heteroatoms. The number of hydrogen-bond acceptors (Lipinski definition) is 6. The van der Waals surface area contributed by atoms with E-state index in [0.717, 1.165) is 12.1 Å². The van der Waals surface area contributed by atoms with Crippen molar-refractivity contribution in [3.8, 4) is 0 Å². The van der Waals surface area contributed by atoms with Gasteiger partial charge in [-0.2, -0.15) is 4.31 Å². The molecule has 0 radical (unpaired) electrons. The predicted molar refractivity (Wildman–Crippen MR) is 121 cm³/mol. The number of aromatic nitrogens is 1. The van der Waals surface area contributed by atoms with Gasteiger partial charge in [-0.3, -0.25) is 14.4 Å². The lowest BCUT2D eigenvalue weighted by molar-refractivity contribution is -0.136. The molecule has 1 aromatic heterocycles. The molecule has 3 heterocycles. The molecule has 1 N–H and O–H groups in total. The zero-order chi connectivity index (χ0) is 23.0. The molecule has 2 aromatic rings. The first kappa shape index (κ1) is 22.7. The lowest BCUT2D eigenvalue weighted by Gasteiger charge is -2.35. The second kappa shape index (κ2) is 8.80. The number of hydrogen-bond donors (Lipinski definition) is 1. The van der Waals surface area contributed by atoms with Crippen LogP contribution in [-0.4, -0.2) is 67.1 Å². The van der Waals surface area contributed by atoms with Crippen LogP contribution in [0.5, 0.6) is 0 Å². The molecule has 1 aromatic carbocycles. The second-order valence-corrected chi connectivity index (χ2v) is 11.2. The minimum atomic E-state index is -3.78. The largest absolute Gasteiger partial charge is 0.340 e. The maximum Gasteiger partial charge on any atom is 0.305 e. The smallest absolute Gasteiger partial charge is 0.305 e. The molecular weight excluding hydrogens is 452 g/mol. The molecule has 0 spiro atoms. The molecule has 0 aliphatic carbocycles. The summed E-state index contributed by atoms with van der Waals surface area (Å²) in [5, 5.41) is 0. The molecule has 9 nitrogen and oxygen atoms in total. The SMILES string of the molecule is CCc1ccc(N2C[C@@H](C(=O)N3CCN(S(=O)(=O)c4sc(=O)[nH]c4C)CC3)CC2=O)cc1. The minimum absolute atomic E-state index is 0.0217. The Bertz CT molecular complexity index is 1180. The number of amides is 2. The Morgan fingerprint density at radius 1 is 1.12 bits per heavy atom. The van der Waals surface area contributed by atoms with Gasteiger partial charge in [0.2, 0.25) is 11.8 Å². The number of anilines is 1. The highest BCUT2D eigenvalue weighted by atomic mass is 32.2. The number of rotatable bonds is 5. The Hall–Kier alpha value is -2.50. The standard InChI is InChI=1S/C21H26N4O5S2/c1-3-15-4-6-17(7-5-15)25-13-16(12-18(25)26)19(27)23-8-10-24(11-9-23)32(29,30)20-14(2)22-21(28)31-20/h4-7,16H,3,8-13H2,1-2H3,(H,22,28)/t16-/m0/s1. The van der Waals surface area contributed by atoms with Gasteiger partial charge in [-0.25, -0.2) is 8.42 Å². The summed E-state index contributed by atoms with van der Waals surface area (Å²) in [6.07, 6.45) is 1.07. The van der Waals surface area contributed by atoms with Gasteiger partial charge in [-0.15, -0.1) is 0 Å². The normalized spacial score (nSPS) is 20.2. The minimum Gasteiger partial charge on any atom is -0.340 e. The zero-order valence-corrected chi connectivity index (χ0v) is 19.7. The fourth-order valence-electron chi connectivity index (χ4n) is 4.19. The Morgan fingerprint density at radius 2 is 1.78 bits per heavy atom. The van der Waals surface area contributed by atoms with E-state index in [0.29, 0.717) is 23.6 Å². The van der Waals surface area contributed by atoms with Crippen molar-refractivity contribution >= 4 is 38.9 Å². The molecule has 0 bridgehead atoms. The van der Waals surface area contributed by atoms with Gasteiger partial charge >= 0.3 is 4.87 Å². The number of benzene rings is 1. The van der Waals surface area contributed by atoms with Gasteiger partial charge in [0.1, 0.15) is 0 Å². The lowest BCUT2D eigenvalue weighted by atomic mass is 10.1. The summed E-state index contributed by atoms with van der Waals surface area (Å²) in [5.74, 6) is -0.633. The number of nitrogens with one attached hydrogen (secondary N) is 1. The summed E-state index contributed by atoms with van der Waals surface area (Å²) in [6.45, 7) is 4.78. The van der Waals surface area contributed by atoms with E-state index in [2.05, 4.69) is 11.9 Å². The van der Waals surface area contributed by atoms with E-state index in [4.69, 9.17) is 0 Å². The number of aromatic amines is 1. The molecule has 32 heavy (non-hydrogen) atoms. The molecule has 2 fully saturated rings. The Labute approximate surface area is 190 Å². The van der Waals surface area contributed by atoms with Gasteiger partial charge in [-0.05, 0) is 31.0 Å². The van der Waals surface area contributed by atoms with Crippen molar-refractivity contribution in [3.63, 3.8) is 0 Å². The number of aryl methyl sites for hydroxylation is 2. The van der Waals surface area contributed by atoms with Gasteiger partial charge in [0.05, 0.1) is 5.92 Å². The maximum atomic E-state index is 13.0. The number of carbonyl (C=O) groups excluding carboxylic acids is 2. The molecule has 172 valence electrons. The van der Waals surface area contributed by atoms with Gasteiger partial charge < -0.3 is 14.8 Å². The quantitative estimate of drug-likeness (QED) is 0.694. The first-order chi connectivity index (χ1) is 15.2. The van der Waals surface area contributed by atoms with Crippen molar-refractivity contribution < 1.29 is 18.0 Å². The molecular formula is C21H26N4O5S2. The van der Waals surface area contributed by atoms with Gasteiger partial charge in [0.25, 0.3) is 10.0 Å². The maximum absolute atomic E-state index is 13.0. The van der Waals surface area contributed by atoms with Crippen LogP contribution < -0.4 is 9.77 Å². The molecule has 1 atom stereocenters. The van der Waals surface area contributed by atoms with Crippen molar-refractivity contribution in [2.75, 3.05) is 37.6 Å². The number of H-pyrrole nitrogens is 1. The third-order valence-corrected chi connectivity index (χ3v) is 9.52. The fourth-order valence-corrected chi connectivity index (χ4v) is 7.05. The summed E-state index contributed by atoms with van der Waals surface area (Å²) >= 11 is 0.679. The molecule has 2 saturated heterocycles. The molecule has 2 amide bonds. The highest BCUT2D eigenvalue weighted by Gasteiger charge is 2.39. The van der Waals surface area contributed by atoms with E-state index in [1.165, 1.54) is 9.87 Å². The highest BCUT2D eigenvalue weighted by molar-refractivity contribution is 7.91. The third-order valence-electron chi connectivity index (χ3n) is 6.04. The van der Waals surface area contributed by atoms with Gasteiger partial charge in [0, 0.05) is 50.5 Å². The van der Waals surface area contributed by atoms with Crippen LogP contribution in [0.2, 0.25) is 0 Å². The summed E-state index contributed by atoms with van der Waals surface area (Å²) < 4.78 is 27.1. The average molecular weight is 479 g/mol. The van der Waals surface area contributed by atoms with Gasteiger partial charge in [0.15, 0.2) is 4.21 Å². The number of nitrogens with zero attached hydrogens (tertiary/aromatic N) is 3. The number of sulfonamides is 1. The van der Waals surface area contributed by atoms with E-state index in [9.17, 15) is 22.8 Å². The summed E-state index contributed by atoms with van der Waals surface area (Å²) in [7, 11) is -3.78. The van der Waals surface area contributed by atoms with Crippen molar-refractivity contribution in [3.05, 3.63) is 45.2 Å². The number of thiazole rings is 1. The third kappa shape index (κ3) is 4.24. The lowest BCUT2D eigenvalue weighted by Crippen LogP contribution is -2.52. The molecule has 2 aliphatic heterocycles. The van der Waals surface area contributed by atoms with Crippen molar-refractivity contribution in [1.82, 2.24) is 14.2 Å². The summed E-state index contributed by atoms with van der Waals surface area (Å²) in [6, 6.07) is 7.79. The molecule has 4 rings (SSSR count). The van der Waals surface area contributed by atoms with Crippen molar-refractivity contribution in [2.24, 2.45) is 5.92 Å². The summed E-state index contributed by atoms with van der Waals surface area (Å²) in [4.78, 5) is 42.5. The van der Waals surface area contributed by atoms with Crippen LogP contribution >= 0.6 is 11.3 Å². The van der Waals surface area contributed by atoms with Crippen LogP contribution in [0.4, 0.5) is 5.69 Å². The average Bonchev–Trinajstić information content (AvgIpc) is 3.35. The van der Waals surface area contributed by atoms with E-state index in [1.54, 1.807) is 16.7 Å². The van der Waals surface area contributed by atoms with Crippen LogP contribution in [0.3, 0.4) is 0 Å². The number of piperazine rings is 1. The Kier molecular flexibility index (Phi) is 6.24. The van der Waals surface area contributed by atoms with E-state index < -0.39 is 20.8 Å². The molecule has 2 aliphatic rings. The highest BCUT2D eigenvalue weighted by Crippen LogP contribution is 2.28. The molecule has 0 saturated carbocycles. The monoisotopic (exact) mass is 478 g/mol. The van der Waals surface area contributed by atoms with Gasteiger partial charge in [-0.1, -0.05) is 30.4 Å². The van der Waals surface area contributed by atoms with Crippen LogP contribution in [0.25, 0.3) is 0 Å². The first-order valence-corrected chi connectivity index (χ1v) is 12.8. The second-order valence-electron chi connectivity index (χ2n) is 8.08. The van der Waals surface area contributed by atoms with Crippen molar-refractivity contribution in [2.45, 2.75) is 30.9 Å². The number of carbonyl (C=O) groups is 2. The van der Waals surface area contributed by atoms with Crippen LogP contribution in [0, 0.1) is 12.8 Å². The van der Waals surface area contributed by atoms with E-state index >= 15 is 0 Å². The Balaban J connectivity index is 1.39. The van der Waals surface area contributed by atoms with Crippen LogP contribution in [0.15, 0.2) is 33.3 Å². The van der Waals surface area contributed by atoms with Crippen molar-refractivity contribution in [1.29, 1.82) is 0 Å². The fraction of sp³-hybridized carbons (Fsp3) is 0.476. The van der Waals surface area contributed by atoms with E-state index in [1.807, 2.05) is 24.3 Å².